The van der Waals surface area contributed by atoms with Crippen molar-refractivity contribution in [1.82, 2.24) is 5.32 Å². The number of carboxylic acids is 1. The fourth-order valence-electron chi connectivity index (χ4n) is 1.87. The van der Waals surface area contributed by atoms with Crippen LogP contribution in [0.5, 0.6) is 5.75 Å². The second-order valence-corrected chi connectivity index (χ2v) is 4.96. The number of aliphatic carboxylic acids is 1. The van der Waals surface area contributed by atoms with Crippen LogP contribution in [0, 0.1) is 11.2 Å². The lowest BCUT2D eigenvalue weighted by molar-refractivity contribution is -0.149. The molecule has 0 aliphatic heterocycles. The predicted molar refractivity (Wildman–Crippen MR) is 68.8 cm³/mol. The molecule has 0 heterocycles. The summed E-state index contributed by atoms with van der Waals surface area (Å²) in [5.41, 5.74) is -1.27. The highest BCUT2D eigenvalue weighted by Crippen LogP contribution is 2.46. The summed E-state index contributed by atoms with van der Waals surface area (Å²) in [7, 11) is 0. The Morgan fingerprint density at radius 1 is 1.45 bits per heavy atom. The summed E-state index contributed by atoms with van der Waals surface area (Å²) in [6.07, 6.45) is 0.258. The number of hydrogen-bond donors (Lipinski definition) is 2. The molecular weight excluding hydrogens is 265 g/mol. The fraction of sp³-hybridized carbons (Fsp3) is 0.429. The zero-order chi connectivity index (χ0) is 14.8. The number of amides is 1. The second-order valence-electron chi connectivity index (χ2n) is 4.96. The average Bonchev–Trinajstić information content (AvgIpc) is 3.20. The van der Waals surface area contributed by atoms with E-state index in [9.17, 15) is 14.0 Å². The number of carbonyl (C=O) groups excluding carboxylic acids is 1. The summed E-state index contributed by atoms with van der Waals surface area (Å²) in [6.45, 7) is 1.80. The third kappa shape index (κ3) is 2.89. The van der Waals surface area contributed by atoms with Crippen LogP contribution >= 0.6 is 0 Å². The SMILES string of the molecule is C[C@@H](CNC(=O)C1(C(=O)O)CC1)Oc1ccccc1F. The summed E-state index contributed by atoms with van der Waals surface area (Å²) in [5.74, 6) is -1.98. The second kappa shape index (κ2) is 5.48. The normalized spacial score (nSPS) is 17.1. The predicted octanol–water partition coefficient (Wildman–Crippen LogP) is 1.57. The Labute approximate surface area is 115 Å². The van der Waals surface area contributed by atoms with E-state index < -0.39 is 29.2 Å². The van der Waals surface area contributed by atoms with E-state index in [1.807, 2.05) is 0 Å². The van der Waals surface area contributed by atoms with Crippen molar-refractivity contribution in [3.8, 4) is 5.75 Å². The largest absolute Gasteiger partial charge is 0.486 e. The topological polar surface area (TPSA) is 75.6 Å². The van der Waals surface area contributed by atoms with Crippen molar-refractivity contribution < 1.29 is 23.8 Å². The first-order valence-electron chi connectivity index (χ1n) is 6.38. The van der Waals surface area contributed by atoms with Gasteiger partial charge in [0.1, 0.15) is 11.5 Å². The zero-order valence-corrected chi connectivity index (χ0v) is 11.1. The molecule has 1 aliphatic rings. The lowest BCUT2D eigenvalue weighted by atomic mass is 10.1. The van der Waals surface area contributed by atoms with Gasteiger partial charge in [-0.2, -0.15) is 0 Å². The van der Waals surface area contributed by atoms with Gasteiger partial charge in [-0.15, -0.1) is 0 Å². The number of benzene rings is 1. The number of para-hydroxylation sites is 1. The van der Waals surface area contributed by atoms with E-state index >= 15 is 0 Å². The molecule has 1 atom stereocenters. The van der Waals surface area contributed by atoms with E-state index in [0.717, 1.165) is 0 Å². The van der Waals surface area contributed by atoms with Crippen molar-refractivity contribution >= 4 is 11.9 Å². The molecule has 2 rings (SSSR count). The van der Waals surface area contributed by atoms with Crippen LogP contribution in [0.4, 0.5) is 4.39 Å². The molecule has 1 amide bonds. The quantitative estimate of drug-likeness (QED) is 0.776. The van der Waals surface area contributed by atoms with Crippen LogP contribution < -0.4 is 10.1 Å². The van der Waals surface area contributed by atoms with Gasteiger partial charge in [0, 0.05) is 0 Å². The first-order valence-corrected chi connectivity index (χ1v) is 6.38. The Morgan fingerprint density at radius 2 is 2.10 bits per heavy atom. The molecule has 1 aromatic carbocycles. The molecule has 1 aliphatic carbocycles. The number of halogens is 1. The highest BCUT2D eigenvalue weighted by molar-refractivity contribution is 6.04. The van der Waals surface area contributed by atoms with Gasteiger partial charge in [-0.05, 0) is 31.9 Å². The van der Waals surface area contributed by atoms with Crippen LogP contribution in [0.2, 0.25) is 0 Å². The Bertz CT molecular complexity index is 528. The summed E-state index contributed by atoms with van der Waals surface area (Å²) >= 11 is 0. The van der Waals surface area contributed by atoms with Gasteiger partial charge in [0.2, 0.25) is 5.91 Å². The average molecular weight is 281 g/mol. The van der Waals surface area contributed by atoms with Crippen LogP contribution in [0.15, 0.2) is 24.3 Å². The van der Waals surface area contributed by atoms with Crippen LogP contribution in [0.1, 0.15) is 19.8 Å². The third-order valence-corrected chi connectivity index (χ3v) is 3.31. The van der Waals surface area contributed by atoms with Crippen molar-refractivity contribution in [2.75, 3.05) is 6.54 Å². The Hall–Kier alpha value is -2.11. The summed E-state index contributed by atoms with van der Waals surface area (Å²) in [6, 6.07) is 5.98. The molecule has 0 unspecified atom stereocenters. The molecular formula is C14H16FNO4. The van der Waals surface area contributed by atoms with Crippen LogP contribution in [0.3, 0.4) is 0 Å². The van der Waals surface area contributed by atoms with Crippen molar-refractivity contribution in [3.63, 3.8) is 0 Å². The monoisotopic (exact) mass is 281 g/mol. The maximum absolute atomic E-state index is 13.4. The molecule has 0 spiro atoms. The van der Waals surface area contributed by atoms with Gasteiger partial charge in [-0.3, -0.25) is 9.59 Å². The first-order chi connectivity index (χ1) is 9.45. The van der Waals surface area contributed by atoms with Crippen molar-refractivity contribution in [1.29, 1.82) is 0 Å². The number of nitrogens with one attached hydrogen (secondary N) is 1. The highest BCUT2D eigenvalue weighted by atomic mass is 19.1. The molecule has 1 saturated carbocycles. The molecule has 1 fully saturated rings. The minimum Gasteiger partial charge on any atom is -0.486 e. The van der Waals surface area contributed by atoms with Crippen LogP contribution in [-0.2, 0) is 9.59 Å². The molecule has 1 aromatic rings. The fourth-order valence-corrected chi connectivity index (χ4v) is 1.87. The smallest absolute Gasteiger partial charge is 0.319 e. The van der Waals surface area contributed by atoms with Crippen molar-refractivity contribution in [3.05, 3.63) is 30.1 Å². The molecule has 0 bridgehead atoms. The Morgan fingerprint density at radius 3 is 2.65 bits per heavy atom. The lowest BCUT2D eigenvalue weighted by Gasteiger charge is -2.17. The highest BCUT2D eigenvalue weighted by Gasteiger charge is 2.57. The molecule has 0 aromatic heterocycles. The van der Waals surface area contributed by atoms with E-state index in [1.54, 1.807) is 19.1 Å². The van der Waals surface area contributed by atoms with E-state index in [0.29, 0.717) is 12.8 Å². The Balaban J connectivity index is 1.84. The van der Waals surface area contributed by atoms with E-state index in [4.69, 9.17) is 9.84 Å². The van der Waals surface area contributed by atoms with Gasteiger partial charge in [0.25, 0.3) is 0 Å². The van der Waals surface area contributed by atoms with Gasteiger partial charge in [-0.25, -0.2) is 4.39 Å². The molecule has 0 radical (unpaired) electrons. The number of carbonyl (C=O) groups is 2. The first kappa shape index (κ1) is 14.3. The summed E-state index contributed by atoms with van der Waals surface area (Å²) in [4.78, 5) is 22.7. The number of ether oxygens (including phenoxy) is 1. The van der Waals surface area contributed by atoms with Gasteiger partial charge >= 0.3 is 5.97 Å². The van der Waals surface area contributed by atoms with Crippen molar-refractivity contribution in [2.45, 2.75) is 25.9 Å². The van der Waals surface area contributed by atoms with Crippen molar-refractivity contribution in [2.24, 2.45) is 5.41 Å². The molecule has 0 saturated heterocycles. The van der Waals surface area contributed by atoms with E-state index in [2.05, 4.69) is 5.32 Å². The number of rotatable bonds is 6. The minimum atomic E-state index is -1.27. The van der Waals surface area contributed by atoms with E-state index in [-0.39, 0.29) is 12.3 Å². The molecule has 2 N–H and O–H groups in total. The van der Waals surface area contributed by atoms with Crippen LogP contribution in [-0.4, -0.2) is 29.6 Å². The molecule has 6 heteroatoms. The maximum atomic E-state index is 13.4. The summed E-state index contributed by atoms with van der Waals surface area (Å²) in [5, 5.41) is 11.5. The maximum Gasteiger partial charge on any atom is 0.319 e. The Kier molecular flexibility index (Phi) is 3.92. The molecule has 20 heavy (non-hydrogen) atoms. The summed E-state index contributed by atoms with van der Waals surface area (Å²) < 4.78 is 18.7. The molecule has 108 valence electrons. The van der Waals surface area contributed by atoms with Gasteiger partial charge < -0.3 is 15.2 Å². The third-order valence-electron chi connectivity index (χ3n) is 3.31. The number of carboxylic acid groups (broad SMARTS) is 1. The van der Waals surface area contributed by atoms with Crippen LogP contribution in [0.25, 0.3) is 0 Å². The van der Waals surface area contributed by atoms with Gasteiger partial charge in [0.15, 0.2) is 11.6 Å². The number of hydrogen-bond acceptors (Lipinski definition) is 3. The van der Waals surface area contributed by atoms with Gasteiger partial charge in [0.05, 0.1) is 6.54 Å². The zero-order valence-electron chi connectivity index (χ0n) is 11.1. The van der Waals surface area contributed by atoms with Gasteiger partial charge in [-0.1, -0.05) is 12.1 Å². The minimum absolute atomic E-state index is 0.105. The molecule has 5 nitrogen and oxygen atoms in total. The standard InChI is InChI=1S/C14H16FNO4/c1-9(20-11-5-3-2-4-10(11)15)8-16-12(17)14(6-7-14)13(18)19/h2-5,9H,6-8H2,1H3,(H,16,17)(H,18,19)/t9-/m0/s1. The van der Waals surface area contributed by atoms with E-state index in [1.165, 1.54) is 12.1 Å². The lowest BCUT2D eigenvalue weighted by Crippen LogP contribution is -2.41.